The number of nitrogens with zero attached hydrogens (tertiary/aromatic N) is 1. The Kier molecular flexibility index (Phi) is 12.8. The summed E-state index contributed by atoms with van der Waals surface area (Å²) in [6.07, 6.45) is 6.65. The monoisotopic (exact) mass is 447 g/mol. The van der Waals surface area contributed by atoms with Crippen molar-refractivity contribution in [3.8, 4) is 11.5 Å². The van der Waals surface area contributed by atoms with E-state index in [1.165, 1.54) is 6.08 Å². The zero-order valence-corrected chi connectivity index (χ0v) is 19.3. The molecule has 0 aliphatic carbocycles. The number of hydrogen-bond donors (Lipinski definition) is 0. The summed E-state index contributed by atoms with van der Waals surface area (Å²) in [4.78, 5) is 5.18. The Labute approximate surface area is 184 Å². The first-order chi connectivity index (χ1) is 13.9. The lowest BCUT2D eigenvalue weighted by Gasteiger charge is -2.18. The fourth-order valence-electron chi connectivity index (χ4n) is 2.76. The molecule has 0 N–H and O–H groups in total. The Morgan fingerprint density at radius 1 is 1.03 bits per heavy atom. The van der Waals surface area contributed by atoms with Crippen molar-refractivity contribution in [2.24, 2.45) is 5.16 Å². The van der Waals surface area contributed by atoms with Crippen molar-refractivity contribution in [2.45, 2.75) is 66.2 Å². The standard InChI is InChI=1S/C22H32Cl2FNO3/c1-5-17-15-19(27-14-11-20(23)24)21(25)18(6-2)22(17)28-12-9-7-8-10-13-29-26-16(3)4/h11,15H,5-10,12-14H2,1-4H3. The SMILES string of the molecule is CCc1cc(OCC=C(Cl)Cl)c(F)c(CC)c1OCCCCCCON=C(C)C. The van der Waals surface area contributed by atoms with Crippen LogP contribution < -0.4 is 9.47 Å². The molecule has 0 fully saturated rings. The third kappa shape index (κ3) is 9.72. The van der Waals surface area contributed by atoms with Gasteiger partial charge < -0.3 is 14.3 Å². The number of halogens is 3. The van der Waals surface area contributed by atoms with Crippen molar-refractivity contribution in [2.75, 3.05) is 19.8 Å². The molecule has 0 aromatic heterocycles. The smallest absolute Gasteiger partial charge is 0.171 e. The largest absolute Gasteiger partial charge is 0.493 e. The van der Waals surface area contributed by atoms with Crippen molar-refractivity contribution in [3.05, 3.63) is 33.6 Å². The highest BCUT2D eigenvalue weighted by molar-refractivity contribution is 6.55. The van der Waals surface area contributed by atoms with Gasteiger partial charge in [-0.1, -0.05) is 42.2 Å². The lowest BCUT2D eigenvalue weighted by atomic mass is 10.0. The average Bonchev–Trinajstić information content (AvgIpc) is 2.67. The molecule has 164 valence electrons. The summed E-state index contributed by atoms with van der Waals surface area (Å²) >= 11 is 11.2. The van der Waals surface area contributed by atoms with Crippen LogP contribution in [0.25, 0.3) is 0 Å². The minimum atomic E-state index is -0.386. The molecule has 0 bridgehead atoms. The first-order valence-corrected chi connectivity index (χ1v) is 10.9. The minimum Gasteiger partial charge on any atom is -0.493 e. The molecular weight excluding hydrogens is 416 g/mol. The Morgan fingerprint density at radius 3 is 2.31 bits per heavy atom. The van der Waals surface area contributed by atoms with Gasteiger partial charge in [-0.25, -0.2) is 4.39 Å². The molecule has 1 aromatic rings. The van der Waals surface area contributed by atoms with E-state index in [1.807, 2.05) is 27.7 Å². The summed E-state index contributed by atoms with van der Waals surface area (Å²) in [5, 5.41) is 3.91. The van der Waals surface area contributed by atoms with Gasteiger partial charge in [-0.2, -0.15) is 0 Å². The summed E-state index contributed by atoms with van der Waals surface area (Å²) in [5.41, 5.74) is 2.39. The molecule has 0 aliphatic rings. The lowest BCUT2D eigenvalue weighted by molar-refractivity contribution is 0.139. The average molecular weight is 448 g/mol. The molecule has 1 rings (SSSR count). The third-order valence-electron chi connectivity index (χ3n) is 4.19. The second-order valence-corrected chi connectivity index (χ2v) is 7.81. The minimum absolute atomic E-state index is 0.0940. The van der Waals surface area contributed by atoms with E-state index < -0.39 is 0 Å². The van der Waals surface area contributed by atoms with Crippen LogP contribution in [0.3, 0.4) is 0 Å². The van der Waals surface area contributed by atoms with Crippen molar-refractivity contribution < 1.29 is 18.7 Å². The number of aryl methyl sites for hydroxylation is 1. The maximum absolute atomic E-state index is 14.9. The fourth-order valence-corrected chi connectivity index (χ4v) is 2.88. The van der Waals surface area contributed by atoms with Gasteiger partial charge in [0.25, 0.3) is 0 Å². The topological polar surface area (TPSA) is 40.0 Å². The van der Waals surface area contributed by atoms with E-state index >= 15 is 0 Å². The highest BCUT2D eigenvalue weighted by atomic mass is 35.5. The summed E-state index contributed by atoms with van der Waals surface area (Å²) in [6.45, 7) is 9.02. The molecule has 0 atom stereocenters. The van der Waals surface area contributed by atoms with Crippen LogP contribution in [0.15, 0.2) is 21.8 Å². The molecule has 0 saturated carbocycles. The van der Waals surface area contributed by atoms with Crippen molar-refractivity contribution in [1.82, 2.24) is 0 Å². The molecular formula is C22H32Cl2FNO3. The second kappa shape index (κ2) is 14.5. The second-order valence-electron chi connectivity index (χ2n) is 6.80. The van der Waals surface area contributed by atoms with Gasteiger partial charge >= 0.3 is 0 Å². The van der Waals surface area contributed by atoms with Gasteiger partial charge in [0.05, 0.1) is 12.3 Å². The van der Waals surface area contributed by atoms with E-state index in [0.717, 1.165) is 43.4 Å². The molecule has 0 aliphatic heterocycles. The van der Waals surface area contributed by atoms with Crippen LogP contribution in [0.5, 0.6) is 11.5 Å². The van der Waals surface area contributed by atoms with Crippen LogP contribution in [-0.2, 0) is 17.7 Å². The molecule has 0 spiro atoms. The summed E-state index contributed by atoms with van der Waals surface area (Å²) in [6, 6.07) is 1.70. The number of hydrogen-bond acceptors (Lipinski definition) is 4. The number of oxime groups is 1. The van der Waals surface area contributed by atoms with Gasteiger partial charge in [0, 0.05) is 5.56 Å². The van der Waals surface area contributed by atoms with Crippen LogP contribution in [-0.4, -0.2) is 25.5 Å². The molecule has 0 saturated heterocycles. The molecule has 1 aromatic carbocycles. The van der Waals surface area contributed by atoms with Gasteiger partial charge in [0.2, 0.25) is 0 Å². The Hall–Kier alpha value is -1.46. The first-order valence-electron chi connectivity index (χ1n) is 10.1. The molecule has 0 unspecified atom stereocenters. The van der Waals surface area contributed by atoms with Crippen LogP contribution in [0, 0.1) is 5.82 Å². The van der Waals surface area contributed by atoms with Crippen molar-refractivity contribution >= 4 is 28.9 Å². The van der Waals surface area contributed by atoms with E-state index in [4.69, 9.17) is 37.5 Å². The molecule has 29 heavy (non-hydrogen) atoms. The molecule has 7 heteroatoms. The quantitative estimate of drug-likeness (QED) is 0.175. The van der Waals surface area contributed by atoms with E-state index in [-0.39, 0.29) is 22.7 Å². The maximum Gasteiger partial charge on any atom is 0.171 e. The highest BCUT2D eigenvalue weighted by Gasteiger charge is 2.18. The number of rotatable bonds is 14. The Balaban J connectivity index is 2.60. The van der Waals surface area contributed by atoms with Gasteiger partial charge in [0.1, 0.15) is 23.5 Å². The van der Waals surface area contributed by atoms with E-state index in [0.29, 0.717) is 30.9 Å². The van der Waals surface area contributed by atoms with Crippen LogP contribution in [0.4, 0.5) is 4.39 Å². The number of ether oxygens (including phenoxy) is 2. The number of unbranched alkanes of at least 4 members (excludes halogenated alkanes) is 3. The zero-order chi connectivity index (χ0) is 21.6. The summed E-state index contributed by atoms with van der Waals surface area (Å²) in [5.74, 6) is 0.450. The fraction of sp³-hybridized carbons (Fsp3) is 0.591. The molecule has 0 radical (unpaired) electrons. The lowest BCUT2D eigenvalue weighted by Crippen LogP contribution is -2.07. The Morgan fingerprint density at radius 2 is 1.72 bits per heavy atom. The van der Waals surface area contributed by atoms with Crippen LogP contribution >= 0.6 is 23.2 Å². The molecule has 0 heterocycles. The predicted octanol–water partition coefficient (Wildman–Crippen LogP) is 7.00. The van der Waals surface area contributed by atoms with Gasteiger partial charge in [-0.15, -0.1) is 0 Å². The van der Waals surface area contributed by atoms with E-state index in [2.05, 4.69) is 5.16 Å². The Bertz CT molecular complexity index is 685. The van der Waals surface area contributed by atoms with Crippen LogP contribution in [0.2, 0.25) is 0 Å². The van der Waals surface area contributed by atoms with Crippen molar-refractivity contribution in [3.63, 3.8) is 0 Å². The maximum atomic E-state index is 14.9. The van der Waals surface area contributed by atoms with E-state index in [9.17, 15) is 4.39 Å². The van der Waals surface area contributed by atoms with Crippen LogP contribution in [0.1, 0.15) is 64.5 Å². The first kappa shape index (κ1) is 25.6. The summed E-state index contributed by atoms with van der Waals surface area (Å²) in [7, 11) is 0. The normalized spacial score (nSPS) is 10.4. The molecule has 0 amide bonds. The zero-order valence-electron chi connectivity index (χ0n) is 17.8. The third-order valence-corrected chi connectivity index (χ3v) is 4.50. The van der Waals surface area contributed by atoms with Crippen molar-refractivity contribution in [1.29, 1.82) is 0 Å². The van der Waals surface area contributed by atoms with Gasteiger partial charge in [-0.05, 0) is 70.1 Å². The van der Waals surface area contributed by atoms with Gasteiger partial charge in [0.15, 0.2) is 11.6 Å². The predicted molar refractivity (Wildman–Crippen MR) is 119 cm³/mol. The van der Waals surface area contributed by atoms with Gasteiger partial charge in [-0.3, -0.25) is 0 Å². The summed E-state index contributed by atoms with van der Waals surface area (Å²) < 4.78 is 26.4. The van der Waals surface area contributed by atoms with E-state index in [1.54, 1.807) is 6.07 Å². The highest BCUT2D eigenvalue weighted by Crippen LogP contribution is 2.34. The number of benzene rings is 1. The molecule has 4 nitrogen and oxygen atoms in total.